The largest absolute Gasteiger partial charge is 0.402 e. The molecule has 0 aliphatic heterocycles. The van der Waals surface area contributed by atoms with Crippen molar-refractivity contribution in [3.8, 4) is 0 Å². The van der Waals surface area contributed by atoms with Crippen LogP contribution in [0.1, 0.15) is 10.7 Å². The number of aromatic nitrogens is 6. The molecule has 0 amide bonds. The van der Waals surface area contributed by atoms with Crippen molar-refractivity contribution >= 4 is 38.8 Å². The number of aryl methyl sites for hydroxylation is 2. The molecule has 4 aromatic heterocycles. The van der Waals surface area contributed by atoms with Gasteiger partial charge in [0.15, 0.2) is 5.65 Å². The molecule has 4 rings (SSSR count). The van der Waals surface area contributed by atoms with Crippen LogP contribution in [0.2, 0.25) is 0 Å². The summed E-state index contributed by atoms with van der Waals surface area (Å²) in [5.74, 6) is 0. The second-order valence-electron chi connectivity index (χ2n) is 6.50. The summed E-state index contributed by atoms with van der Waals surface area (Å²) in [5.41, 5.74) is 8.68. The van der Waals surface area contributed by atoms with Gasteiger partial charge in [0.2, 0.25) is 0 Å². The first-order valence-electron chi connectivity index (χ1n) is 8.67. The molecule has 4 heterocycles. The van der Waals surface area contributed by atoms with E-state index in [1.165, 1.54) is 16.0 Å². The Morgan fingerprint density at radius 3 is 2.93 bits per heavy atom. The molecule has 0 radical (unpaired) electrons. The topological polar surface area (TPSA) is 109 Å². The predicted molar refractivity (Wildman–Crippen MR) is 111 cm³/mol. The van der Waals surface area contributed by atoms with E-state index in [0.29, 0.717) is 24.2 Å². The number of allylic oxidation sites excluding steroid dienone is 2. The molecule has 0 unspecified atom stereocenters. The minimum atomic E-state index is -0.157. The van der Waals surface area contributed by atoms with Crippen LogP contribution in [0.3, 0.4) is 0 Å². The molecule has 0 saturated carbocycles. The highest BCUT2D eigenvalue weighted by Crippen LogP contribution is 2.31. The van der Waals surface area contributed by atoms with E-state index in [0.717, 1.165) is 26.4 Å². The van der Waals surface area contributed by atoms with Gasteiger partial charge in [-0.1, -0.05) is 0 Å². The van der Waals surface area contributed by atoms with E-state index < -0.39 is 0 Å². The number of aliphatic imine (C=N–C) groups is 1. The smallest absolute Gasteiger partial charge is 0.291 e. The van der Waals surface area contributed by atoms with Crippen molar-refractivity contribution in [2.75, 3.05) is 7.05 Å². The number of nitrogens with two attached hydrogens (primary N) is 1. The van der Waals surface area contributed by atoms with E-state index in [1.54, 1.807) is 30.2 Å². The third-order valence-electron chi connectivity index (χ3n) is 4.44. The van der Waals surface area contributed by atoms with E-state index in [2.05, 4.69) is 20.2 Å². The first-order chi connectivity index (χ1) is 13.5. The van der Waals surface area contributed by atoms with Crippen molar-refractivity contribution in [1.82, 2.24) is 29.1 Å². The van der Waals surface area contributed by atoms with Crippen molar-refractivity contribution in [2.45, 2.75) is 13.0 Å². The molecule has 0 aliphatic carbocycles. The van der Waals surface area contributed by atoms with E-state index in [4.69, 9.17) is 5.73 Å². The van der Waals surface area contributed by atoms with Crippen LogP contribution in [0, 0.1) is 0 Å². The summed E-state index contributed by atoms with van der Waals surface area (Å²) in [6.45, 7) is 0.327. The molecule has 0 saturated heterocycles. The average molecular weight is 396 g/mol. The van der Waals surface area contributed by atoms with Crippen LogP contribution in [-0.2, 0) is 27.1 Å². The number of thiazole rings is 1. The van der Waals surface area contributed by atoms with Crippen LogP contribution < -0.4 is 11.3 Å². The van der Waals surface area contributed by atoms with Crippen molar-refractivity contribution in [3.05, 3.63) is 51.3 Å². The highest BCUT2D eigenvalue weighted by atomic mass is 32.1. The van der Waals surface area contributed by atoms with Crippen LogP contribution in [0.4, 0.5) is 0 Å². The second-order valence-corrected chi connectivity index (χ2v) is 7.58. The molecule has 9 nitrogen and oxygen atoms in total. The lowest BCUT2D eigenvalue weighted by Crippen LogP contribution is -2.24. The lowest BCUT2D eigenvalue weighted by molar-refractivity contribution is 0.619. The Morgan fingerprint density at radius 1 is 1.39 bits per heavy atom. The fourth-order valence-corrected chi connectivity index (χ4v) is 4.27. The Hall–Kier alpha value is -3.27. The molecule has 0 atom stereocenters. The zero-order valence-corrected chi connectivity index (χ0v) is 16.6. The zero-order chi connectivity index (χ0) is 19.8. The molecule has 4 aromatic rings. The van der Waals surface area contributed by atoms with Gasteiger partial charge in [-0.15, -0.1) is 11.3 Å². The molecule has 10 heteroatoms. The fourth-order valence-electron chi connectivity index (χ4n) is 3.13. The summed E-state index contributed by atoms with van der Waals surface area (Å²) >= 11 is 1.53. The molecule has 0 aliphatic rings. The van der Waals surface area contributed by atoms with Gasteiger partial charge in [0.1, 0.15) is 10.5 Å². The summed E-state index contributed by atoms with van der Waals surface area (Å²) in [6, 6.07) is 1.87. The van der Waals surface area contributed by atoms with Gasteiger partial charge in [-0.25, -0.2) is 9.67 Å². The van der Waals surface area contributed by atoms with Crippen LogP contribution in [0.25, 0.3) is 21.3 Å². The van der Waals surface area contributed by atoms with Crippen molar-refractivity contribution < 1.29 is 0 Å². The first kappa shape index (κ1) is 18.1. The van der Waals surface area contributed by atoms with Crippen molar-refractivity contribution in [1.29, 1.82) is 0 Å². The molecule has 28 heavy (non-hydrogen) atoms. The lowest BCUT2D eigenvalue weighted by atomic mass is 10.3. The van der Waals surface area contributed by atoms with Gasteiger partial charge in [0.05, 0.1) is 23.1 Å². The highest BCUT2D eigenvalue weighted by Gasteiger charge is 2.18. The van der Waals surface area contributed by atoms with Gasteiger partial charge in [-0.2, -0.15) is 10.2 Å². The molecular formula is C18H20N8OS. The third kappa shape index (κ3) is 3.11. The first-order valence-corrected chi connectivity index (χ1v) is 9.49. The maximum Gasteiger partial charge on any atom is 0.291 e. The summed E-state index contributed by atoms with van der Waals surface area (Å²) in [6.07, 6.45) is 7.54. The van der Waals surface area contributed by atoms with E-state index in [1.807, 2.05) is 30.9 Å². The molecule has 0 bridgehead atoms. The Labute approximate surface area is 164 Å². The third-order valence-corrected chi connectivity index (χ3v) is 5.52. The number of rotatable bonds is 5. The number of fused-ring (bicyclic) bond motifs is 3. The summed E-state index contributed by atoms with van der Waals surface area (Å²) in [4.78, 5) is 21.6. The van der Waals surface area contributed by atoms with Gasteiger partial charge in [-0.05, 0) is 12.1 Å². The van der Waals surface area contributed by atoms with Gasteiger partial charge >= 0.3 is 0 Å². The fraction of sp³-hybridized carbons (Fsp3) is 0.278. The van der Waals surface area contributed by atoms with E-state index in [9.17, 15) is 4.79 Å². The van der Waals surface area contributed by atoms with Crippen molar-refractivity contribution in [2.24, 2.45) is 24.8 Å². The van der Waals surface area contributed by atoms with Crippen molar-refractivity contribution in [3.63, 3.8) is 0 Å². The normalized spacial score (nSPS) is 12.8. The summed E-state index contributed by atoms with van der Waals surface area (Å²) in [5, 5.41) is 10.4. The lowest BCUT2D eigenvalue weighted by Gasteiger charge is -2.03. The van der Waals surface area contributed by atoms with E-state index >= 15 is 0 Å². The molecule has 0 fully saturated rings. The monoisotopic (exact) mass is 396 g/mol. The molecule has 0 aromatic carbocycles. The Balaban J connectivity index is 1.75. The second kappa shape index (κ2) is 7.04. The average Bonchev–Trinajstić information content (AvgIpc) is 3.32. The number of hydrogen-bond donors (Lipinski definition) is 1. The standard InChI is InChI=1S/C18H20N8OS/c1-20-6-4-11(19)8-14-22-17-16(28-14)13-9-21-26(18(27)15(13)25(17)3)10-12-5-7-24(2)23-12/h4-7,9H,8,10,19H2,1-3H3. The van der Waals surface area contributed by atoms with Crippen LogP contribution in [-0.4, -0.2) is 42.4 Å². The minimum Gasteiger partial charge on any atom is -0.402 e. The van der Waals surface area contributed by atoms with E-state index in [-0.39, 0.29) is 5.56 Å². The number of nitrogens with zero attached hydrogens (tertiary/aromatic N) is 7. The Bertz CT molecular complexity index is 1290. The van der Waals surface area contributed by atoms with Gasteiger partial charge in [-0.3, -0.25) is 14.5 Å². The van der Waals surface area contributed by atoms with Crippen LogP contribution in [0.5, 0.6) is 0 Å². The quantitative estimate of drug-likeness (QED) is 0.510. The molecular weight excluding hydrogens is 376 g/mol. The summed E-state index contributed by atoms with van der Waals surface area (Å²) < 4.78 is 5.91. The zero-order valence-electron chi connectivity index (χ0n) is 15.8. The summed E-state index contributed by atoms with van der Waals surface area (Å²) in [7, 11) is 5.39. The minimum absolute atomic E-state index is 0.157. The molecule has 2 N–H and O–H groups in total. The Morgan fingerprint density at radius 2 is 2.21 bits per heavy atom. The number of hydrogen-bond acceptors (Lipinski definition) is 7. The SMILES string of the molecule is CN=CC=C(N)Cc1nc2c(s1)c1cnn(Cc3ccn(C)n3)c(=O)c1n2C. The van der Waals surface area contributed by atoms with Gasteiger partial charge in [0.25, 0.3) is 5.56 Å². The van der Waals surface area contributed by atoms with Gasteiger partial charge in [0, 0.05) is 51.1 Å². The van der Waals surface area contributed by atoms with Crippen LogP contribution in [0.15, 0.2) is 40.0 Å². The Kier molecular flexibility index (Phi) is 4.55. The molecule has 144 valence electrons. The highest BCUT2D eigenvalue weighted by molar-refractivity contribution is 7.19. The predicted octanol–water partition coefficient (Wildman–Crippen LogP) is 1.21. The molecule has 0 spiro atoms. The maximum absolute atomic E-state index is 13.0. The van der Waals surface area contributed by atoms with Crippen LogP contribution >= 0.6 is 11.3 Å². The van der Waals surface area contributed by atoms with Gasteiger partial charge < -0.3 is 10.3 Å². The maximum atomic E-state index is 13.0.